The van der Waals surface area contributed by atoms with E-state index in [2.05, 4.69) is 66.1 Å². The van der Waals surface area contributed by atoms with E-state index in [0.717, 1.165) is 22.7 Å². The minimum Gasteiger partial charge on any atom is -0.487 e. The second kappa shape index (κ2) is 9.78. The highest BCUT2D eigenvalue weighted by atomic mass is 127. The molecule has 8 heteroatoms. The quantitative estimate of drug-likeness (QED) is 0.169. The molecule has 4 nitrogen and oxygen atoms in total. The molecule has 1 aliphatic heterocycles. The summed E-state index contributed by atoms with van der Waals surface area (Å²) >= 11 is 7.70. The van der Waals surface area contributed by atoms with Crippen molar-refractivity contribution in [3.05, 3.63) is 100 Å². The number of rotatable bonds is 5. The highest BCUT2D eigenvalue weighted by Crippen LogP contribution is 2.31. The van der Waals surface area contributed by atoms with Gasteiger partial charge in [-0.3, -0.25) is 0 Å². The molecule has 0 saturated carbocycles. The maximum absolute atomic E-state index is 13.8. The fraction of sp³-hybridized carbons (Fsp3) is 0.0435. The standard InChI is InChI=1S/C23H13BrFI2NO3/c24-16-7-5-14(6-8-16)22-28-20(23(29)31-22)11-13-9-18(26)21(19(27)10-13)30-12-15-3-1-2-4-17(15)25/h1-11H,12H2/b20-11-. The first-order valence-electron chi connectivity index (χ1n) is 9.04. The van der Waals surface area contributed by atoms with Gasteiger partial charge in [0.15, 0.2) is 5.70 Å². The van der Waals surface area contributed by atoms with E-state index in [1.54, 1.807) is 24.3 Å². The first-order chi connectivity index (χ1) is 14.9. The van der Waals surface area contributed by atoms with Crippen molar-refractivity contribution in [1.82, 2.24) is 0 Å². The second-order valence-electron chi connectivity index (χ2n) is 6.54. The van der Waals surface area contributed by atoms with Crippen molar-refractivity contribution < 1.29 is 18.7 Å². The summed E-state index contributed by atoms with van der Waals surface area (Å²) < 4.78 is 27.6. The molecule has 156 valence electrons. The summed E-state index contributed by atoms with van der Waals surface area (Å²) in [6, 6.07) is 17.7. The summed E-state index contributed by atoms with van der Waals surface area (Å²) in [6.07, 6.45) is 1.68. The number of nitrogens with zero attached hydrogens (tertiary/aromatic N) is 1. The SMILES string of the molecule is O=C1OC(c2ccc(Br)cc2)=N/C1=C\c1cc(I)c(OCc2ccccc2F)c(I)c1. The maximum Gasteiger partial charge on any atom is 0.363 e. The number of hydrogen-bond acceptors (Lipinski definition) is 4. The summed E-state index contributed by atoms with van der Waals surface area (Å²) in [5.41, 5.74) is 2.23. The Morgan fingerprint density at radius 1 is 1.06 bits per heavy atom. The van der Waals surface area contributed by atoms with Gasteiger partial charge in [0.2, 0.25) is 5.90 Å². The molecule has 1 aliphatic rings. The lowest BCUT2D eigenvalue weighted by atomic mass is 10.2. The zero-order chi connectivity index (χ0) is 22.0. The molecule has 0 aliphatic carbocycles. The highest BCUT2D eigenvalue weighted by Gasteiger charge is 2.24. The summed E-state index contributed by atoms with van der Waals surface area (Å²) in [6.45, 7) is 0.131. The maximum atomic E-state index is 13.8. The third-order valence-electron chi connectivity index (χ3n) is 4.37. The minimum absolute atomic E-state index is 0.131. The Morgan fingerprint density at radius 3 is 2.42 bits per heavy atom. The lowest BCUT2D eigenvalue weighted by molar-refractivity contribution is -0.129. The van der Waals surface area contributed by atoms with E-state index in [-0.39, 0.29) is 24.0 Å². The van der Waals surface area contributed by atoms with Gasteiger partial charge < -0.3 is 9.47 Å². The van der Waals surface area contributed by atoms with Gasteiger partial charge in [-0.15, -0.1) is 0 Å². The first-order valence-corrected chi connectivity index (χ1v) is 12.0. The van der Waals surface area contributed by atoms with Crippen LogP contribution in [0.5, 0.6) is 5.75 Å². The van der Waals surface area contributed by atoms with Crippen LogP contribution in [0.3, 0.4) is 0 Å². The molecule has 0 bridgehead atoms. The van der Waals surface area contributed by atoms with Gasteiger partial charge in [0, 0.05) is 15.6 Å². The lowest BCUT2D eigenvalue weighted by Crippen LogP contribution is -2.05. The van der Waals surface area contributed by atoms with Gasteiger partial charge in [-0.25, -0.2) is 14.2 Å². The van der Waals surface area contributed by atoms with Crippen molar-refractivity contribution in [2.45, 2.75) is 6.61 Å². The average molecular weight is 704 g/mol. The number of aliphatic imine (C=N–C) groups is 1. The van der Waals surface area contributed by atoms with Crippen LogP contribution in [-0.2, 0) is 16.1 Å². The van der Waals surface area contributed by atoms with Crippen LogP contribution in [-0.4, -0.2) is 11.9 Å². The predicted molar refractivity (Wildman–Crippen MR) is 137 cm³/mol. The van der Waals surface area contributed by atoms with E-state index in [0.29, 0.717) is 11.3 Å². The van der Waals surface area contributed by atoms with Gasteiger partial charge in [0.25, 0.3) is 0 Å². The van der Waals surface area contributed by atoms with Gasteiger partial charge in [-0.1, -0.05) is 34.1 Å². The molecule has 3 aromatic carbocycles. The predicted octanol–water partition coefficient (Wildman–Crippen LogP) is 6.72. The van der Waals surface area contributed by atoms with Crippen LogP contribution in [0.2, 0.25) is 0 Å². The third-order valence-corrected chi connectivity index (χ3v) is 6.50. The molecule has 0 atom stereocenters. The number of hydrogen-bond donors (Lipinski definition) is 0. The van der Waals surface area contributed by atoms with Crippen molar-refractivity contribution in [3.63, 3.8) is 0 Å². The molecular weight excluding hydrogens is 691 g/mol. The smallest absolute Gasteiger partial charge is 0.363 e. The Bertz CT molecular complexity index is 1200. The van der Waals surface area contributed by atoms with Crippen LogP contribution in [0, 0.1) is 13.0 Å². The van der Waals surface area contributed by atoms with Crippen LogP contribution in [0.4, 0.5) is 4.39 Å². The van der Waals surface area contributed by atoms with Crippen molar-refractivity contribution >= 4 is 79.1 Å². The number of ether oxygens (including phenoxy) is 2. The fourth-order valence-electron chi connectivity index (χ4n) is 2.85. The van der Waals surface area contributed by atoms with Gasteiger partial charge in [0.05, 0.1) is 7.14 Å². The van der Waals surface area contributed by atoms with Crippen molar-refractivity contribution in [2.24, 2.45) is 4.99 Å². The van der Waals surface area contributed by atoms with E-state index in [1.807, 2.05) is 36.4 Å². The summed E-state index contributed by atoms with van der Waals surface area (Å²) in [5.74, 6) is 0.147. The molecule has 1 heterocycles. The first kappa shape index (κ1) is 22.4. The largest absolute Gasteiger partial charge is 0.487 e. The summed E-state index contributed by atoms with van der Waals surface area (Å²) in [4.78, 5) is 16.6. The molecule has 0 saturated heterocycles. The van der Waals surface area contributed by atoms with Gasteiger partial charge >= 0.3 is 5.97 Å². The van der Waals surface area contributed by atoms with E-state index >= 15 is 0 Å². The van der Waals surface area contributed by atoms with E-state index in [1.165, 1.54) is 6.07 Å². The fourth-order valence-corrected chi connectivity index (χ4v) is 5.24. The molecule has 0 N–H and O–H groups in total. The Morgan fingerprint density at radius 2 is 1.74 bits per heavy atom. The Balaban J connectivity index is 1.56. The lowest BCUT2D eigenvalue weighted by Gasteiger charge is -2.12. The molecule has 31 heavy (non-hydrogen) atoms. The molecule has 0 unspecified atom stereocenters. The molecule has 0 radical (unpaired) electrons. The van der Waals surface area contributed by atoms with Crippen LogP contribution in [0.15, 0.2) is 75.8 Å². The molecule has 0 fully saturated rings. The Hall–Kier alpha value is -1.79. The average Bonchev–Trinajstić information content (AvgIpc) is 3.09. The zero-order valence-corrected chi connectivity index (χ0v) is 21.6. The topological polar surface area (TPSA) is 47.9 Å². The highest BCUT2D eigenvalue weighted by molar-refractivity contribution is 14.1. The number of carbonyl (C=O) groups is 1. The third kappa shape index (κ3) is 5.35. The zero-order valence-electron chi connectivity index (χ0n) is 15.7. The van der Waals surface area contributed by atoms with Crippen molar-refractivity contribution in [2.75, 3.05) is 0 Å². The van der Waals surface area contributed by atoms with E-state index in [4.69, 9.17) is 9.47 Å². The van der Waals surface area contributed by atoms with E-state index in [9.17, 15) is 9.18 Å². The second-order valence-corrected chi connectivity index (χ2v) is 9.78. The van der Waals surface area contributed by atoms with Crippen molar-refractivity contribution in [1.29, 1.82) is 0 Å². The van der Waals surface area contributed by atoms with E-state index < -0.39 is 5.97 Å². The Kier molecular flexibility index (Phi) is 7.07. The van der Waals surface area contributed by atoms with Crippen LogP contribution < -0.4 is 4.74 Å². The van der Waals surface area contributed by atoms with Gasteiger partial charge in [-0.05, 0) is 99.3 Å². The molecule has 3 aromatic rings. The van der Waals surface area contributed by atoms with Crippen molar-refractivity contribution in [3.8, 4) is 5.75 Å². The van der Waals surface area contributed by atoms with Crippen LogP contribution in [0.1, 0.15) is 16.7 Å². The molecule has 0 aromatic heterocycles. The number of esters is 1. The Labute approximate surface area is 214 Å². The van der Waals surface area contributed by atoms with Crippen LogP contribution in [0.25, 0.3) is 6.08 Å². The molecular formula is C23H13BrFI2NO3. The number of benzene rings is 3. The van der Waals surface area contributed by atoms with Crippen LogP contribution >= 0.6 is 61.1 Å². The summed E-state index contributed by atoms with van der Waals surface area (Å²) in [7, 11) is 0. The molecule has 0 amide bonds. The summed E-state index contributed by atoms with van der Waals surface area (Å²) in [5, 5.41) is 0. The van der Waals surface area contributed by atoms with Gasteiger partial charge in [0.1, 0.15) is 18.2 Å². The molecule has 4 rings (SSSR count). The monoisotopic (exact) mass is 703 g/mol. The minimum atomic E-state index is -0.497. The molecule has 0 spiro atoms. The number of carbonyl (C=O) groups excluding carboxylic acids is 1. The number of halogens is 4. The normalized spacial score (nSPS) is 14.5. The number of cyclic esters (lactones) is 1. The van der Waals surface area contributed by atoms with Gasteiger partial charge in [-0.2, -0.15) is 0 Å².